The molecule has 1 aliphatic rings. The van der Waals surface area contributed by atoms with Gasteiger partial charge in [-0.1, -0.05) is 47.5 Å². The first-order valence-corrected chi connectivity index (χ1v) is 9.30. The molecule has 1 heterocycles. The third-order valence-electron chi connectivity index (χ3n) is 4.42. The third kappa shape index (κ3) is 3.93. The largest absolute Gasteiger partial charge is 0.359 e. The van der Waals surface area contributed by atoms with Crippen LogP contribution in [-0.4, -0.2) is 11.5 Å². The molecule has 0 aromatic heterocycles. The van der Waals surface area contributed by atoms with Crippen LogP contribution in [-0.2, 0) is 6.42 Å². The van der Waals surface area contributed by atoms with Gasteiger partial charge < -0.3 is 16.4 Å². The number of rotatable bonds is 3. The maximum Gasteiger partial charge on any atom is 0.150 e. The molecule has 1 atom stereocenters. The molecule has 136 valence electrons. The number of nitrogens with one attached hydrogen (secondary N) is 2. The van der Waals surface area contributed by atoms with E-state index in [9.17, 15) is 0 Å². The average Bonchev–Trinajstić information content (AvgIpc) is 2.66. The molecule has 3 aromatic carbocycles. The molecule has 0 bridgehead atoms. The summed E-state index contributed by atoms with van der Waals surface area (Å²) in [5.41, 5.74) is 9.56. The minimum atomic E-state index is -0.901. The van der Waals surface area contributed by atoms with Gasteiger partial charge in [-0.05, 0) is 54.1 Å². The summed E-state index contributed by atoms with van der Waals surface area (Å²) in [6.45, 7) is 0. The zero-order valence-corrected chi connectivity index (χ0v) is 15.9. The molecule has 6 heteroatoms. The maximum absolute atomic E-state index is 6.80. The van der Waals surface area contributed by atoms with Crippen LogP contribution in [0, 0.1) is 0 Å². The van der Waals surface area contributed by atoms with Gasteiger partial charge in [-0.3, -0.25) is 0 Å². The Morgan fingerprint density at radius 3 is 2.22 bits per heavy atom. The van der Waals surface area contributed by atoms with Crippen molar-refractivity contribution in [2.45, 2.75) is 12.1 Å². The van der Waals surface area contributed by atoms with Gasteiger partial charge in [0, 0.05) is 22.2 Å². The molecule has 0 radical (unpaired) electrons. The van der Waals surface area contributed by atoms with Gasteiger partial charge in [0.05, 0.1) is 11.4 Å². The first-order chi connectivity index (χ1) is 13.0. The summed E-state index contributed by atoms with van der Waals surface area (Å²) in [6.07, 6.45) is 0.540. The normalized spacial score (nSPS) is 18.3. The molecule has 27 heavy (non-hydrogen) atoms. The number of halogens is 2. The first kappa shape index (κ1) is 17.9. The Bertz CT molecular complexity index is 984. The van der Waals surface area contributed by atoms with E-state index in [4.69, 9.17) is 33.9 Å². The molecule has 1 unspecified atom stereocenters. The lowest BCUT2D eigenvalue weighted by molar-refractivity contribution is 0.631. The van der Waals surface area contributed by atoms with E-state index in [2.05, 4.69) is 10.6 Å². The molecule has 4 N–H and O–H groups in total. The van der Waals surface area contributed by atoms with E-state index < -0.39 is 5.66 Å². The van der Waals surface area contributed by atoms with Gasteiger partial charge in [0.25, 0.3) is 0 Å². The van der Waals surface area contributed by atoms with Crippen LogP contribution in [0.25, 0.3) is 0 Å². The molecule has 0 saturated carbocycles. The second-order valence-electron chi connectivity index (χ2n) is 6.51. The van der Waals surface area contributed by atoms with Gasteiger partial charge in [-0.2, -0.15) is 0 Å². The monoisotopic (exact) mass is 396 g/mol. The Kier molecular flexibility index (Phi) is 4.79. The van der Waals surface area contributed by atoms with E-state index in [1.165, 1.54) is 0 Å². The molecular formula is C21H18Cl2N4. The lowest BCUT2D eigenvalue weighted by atomic mass is 9.96. The zero-order chi connectivity index (χ0) is 18.9. The van der Waals surface area contributed by atoms with Gasteiger partial charge in [0.1, 0.15) is 11.5 Å². The van der Waals surface area contributed by atoms with Crippen molar-refractivity contribution in [3.63, 3.8) is 0 Å². The van der Waals surface area contributed by atoms with Gasteiger partial charge in [-0.15, -0.1) is 0 Å². The zero-order valence-electron chi connectivity index (χ0n) is 14.4. The lowest BCUT2D eigenvalue weighted by Gasteiger charge is -2.37. The molecule has 0 amide bonds. The fourth-order valence-electron chi connectivity index (χ4n) is 3.06. The predicted molar refractivity (Wildman–Crippen MR) is 114 cm³/mol. The minimum Gasteiger partial charge on any atom is -0.359 e. The SMILES string of the molecule is NC1(Cc2ccc(Cl)cc2)Nc2ccccc2N=C1Nc1ccc(Cl)cc1. The van der Waals surface area contributed by atoms with Crippen molar-refractivity contribution in [1.29, 1.82) is 0 Å². The summed E-state index contributed by atoms with van der Waals surface area (Å²) in [4.78, 5) is 4.79. The number of amidine groups is 1. The fraction of sp³-hybridized carbons (Fsp3) is 0.0952. The van der Waals surface area contributed by atoms with Crippen molar-refractivity contribution >= 4 is 46.1 Å². The van der Waals surface area contributed by atoms with E-state index in [0.29, 0.717) is 22.3 Å². The van der Waals surface area contributed by atoms with Crippen molar-refractivity contribution < 1.29 is 0 Å². The summed E-state index contributed by atoms with van der Waals surface area (Å²) in [5.74, 6) is 0.637. The van der Waals surface area contributed by atoms with Gasteiger partial charge in [0.2, 0.25) is 0 Å². The topological polar surface area (TPSA) is 62.4 Å². The van der Waals surface area contributed by atoms with Crippen molar-refractivity contribution in [2.75, 3.05) is 10.6 Å². The van der Waals surface area contributed by atoms with Crippen LogP contribution in [0.5, 0.6) is 0 Å². The number of benzene rings is 3. The van der Waals surface area contributed by atoms with E-state index in [0.717, 1.165) is 22.6 Å². The van der Waals surface area contributed by atoms with Crippen LogP contribution >= 0.6 is 23.2 Å². The van der Waals surface area contributed by atoms with E-state index >= 15 is 0 Å². The summed E-state index contributed by atoms with van der Waals surface area (Å²) in [7, 11) is 0. The van der Waals surface area contributed by atoms with Crippen LogP contribution in [0.15, 0.2) is 77.8 Å². The Labute approximate surface area is 168 Å². The standard InChI is InChI=1S/C21H18Cl2N4/c22-15-7-5-14(6-8-15)13-21(24)20(25-17-11-9-16(23)10-12-17)26-18-3-1-2-4-19(18)27-21/h1-12,27H,13,24H2,(H,25,26). The fourth-order valence-corrected chi connectivity index (χ4v) is 3.31. The Hall–Kier alpha value is -2.53. The van der Waals surface area contributed by atoms with Crippen LogP contribution in [0.1, 0.15) is 5.56 Å². The van der Waals surface area contributed by atoms with Gasteiger partial charge in [0.15, 0.2) is 0 Å². The Morgan fingerprint density at radius 1 is 0.889 bits per heavy atom. The number of hydrogen-bond donors (Lipinski definition) is 3. The first-order valence-electron chi connectivity index (χ1n) is 8.54. The number of nitrogens with zero attached hydrogens (tertiary/aromatic N) is 1. The van der Waals surface area contributed by atoms with Crippen LogP contribution in [0.2, 0.25) is 10.0 Å². The van der Waals surface area contributed by atoms with Crippen LogP contribution in [0.4, 0.5) is 17.1 Å². The van der Waals surface area contributed by atoms with Crippen molar-refractivity contribution in [3.05, 3.63) is 88.4 Å². The summed E-state index contributed by atoms with van der Waals surface area (Å²) in [6, 6.07) is 22.9. The number of para-hydroxylation sites is 2. The number of nitrogens with two attached hydrogens (primary N) is 1. The molecule has 0 aliphatic carbocycles. The molecule has 1 aliphatic heterocycles. The van der Waals surface area contributed by atoms with Gasteiger partial charge >= 0.3 is 0 Å². The summed E-state index contributed by atoms with van der Waals surface area (Å²) < 4.78 is 0. The maximum atomic E-state index is 6.80. The highest BCUT2D eigenvalue weighted by Gasteiger charge is 2.36. The molecule has 0 spiro atoms. The number of anilines is 2. The highest BCUT2D eigenvalue weighted by Crippen LogP contribution is 2.33. The lowest BCUT2D eigenvalue weighted by Crippen LogP contribution is -2.60. The number of hydrogen-bond acceptors (Lipinski definition) is 4. The molecule has 4 nitrogen and oxygen atoms in total. The second-order valence-corrected chi connectivity index (χ2v) is 7.38. The number of aliphatic imine (C=N–C) groups is 1. The predicted octanol–water partition coefficient (Wildman–Crippen LogP) is 5.46. The molecule has 0 saturated heterocycles. The van der Waals surface area contributed by atoms with Crippen molar-refractivity contribution in [3.8, 4) is 0 Å². The van der Waals surface area contributed by atoms with E-state index in [1.54, 1.807) is 0 Å². The van der Waals surface area contributed by atoms with E-state index in [-0.39, 0.29) is 0 Å². The average molecular weight is 397 g/mol. The smallest absolute Gasteiger partial charge is 0.150 e. The van der Waals surface area contributed by atoms with Crippen LogP contribution < -0.4 is 16.4 Å². The number of fused-ring (bicyclic) bond motifs is 1. The third-order valence-corrected chi connectivity index (χ3v) is 4.92. The molecule has 4 rings (SSSR count). The summed E-state index contributed by atoms with van der Waals surface area (Å²) in [5, 5.41) is 8.16. The highest BCUT2D eigenvalue weighted by atomic mass is 35.5. The van der Waals surface area contributed by atoms with Crippen molar-refractivity contribution in [1.82, 2.24) is 0 Å². The minimum absolute atomic E-state index is 0.540. The van der Waals surface area contributed by atoms with Gasteiger partial charge in [-0.25, -0.2) is 4.99 Å². The van der Waals surface area contributed by atoms with E-state index in [1.807, 2.05) is 72.8 Å². The molecule has 3 aromatic rings. The Balaban J connectivity index is 1.71. The molecule has 0 fully saturated rings. The second kappa shape index (κ2) is 7.24. The highest BCUT2D eigenvalue weighted by molar-refractivity contribution is 6.30. The molecular weight excluding hydrogens is 379 g/mol. The van der Waals surface area contributed by atoms with Crippen LogP contribution in [0.3, 0.4) is 0 Å². The Morgan fingerprint density at radius 2 is 1.52 bits per heavy atom. The summed E-state index contributed by atoms with van der Waals surface area (Å²) >= 11 is 12.0. The van der Waals surface area contributed by atoms with Crippen molar-refractivity contribution in [2.24, 2.45) is 10.7 Å². The quantitative estimate of drug-likeness (QED) is 0.550.